The summed E-state index contributed by atoms with van der Waals surface area (Å²) >= 11 is 0. The van der Waals surface area contributed by atoms with Gasteiger partial charge in [0.2, 0.25) is 0 Å². The molecule has 432 valence electrons. The summed E-state index contributed by atoms with van der Waals surface area (Å²) in [5.74, 6) is 0.710. The van der Waals surface area contributed by atoms with Crippen molar-refractivity contribution in [1.29, 1.82) is 0 Å². The van der Waals surface area contributed by atoms with Gasteiger partial charge in [-0.3, -0.25) is 4.98 Å². The van der Waals surface area contributed by atoms with E-state index in [1.807, 2.05) is 12.3 Å². The van der Waals surface area contributed by atoms with Crippen LogP contribution in [-0.2, 0) is 10.8 Å². The van der Waals surface area contributed by atoms with Crippen LogP contribution in [0.3, 0.4) is 0 Å². The molecule has 0 radical (unpaired) electrons. The van der Waals surface area contributed by atoms with Gasteiger partial charge in [0.15, 0.2) is 5.82 Å². The van der Waals surface area contributed by atoms with Crippen LogP contribution in [0, 0.1) is 0 Å². The Morgan fingerprint density at radius 3 is 1.54 bits per heavy atom. The molecule has 4 aromatic heterocycles. The van der Waals surface area contributed by atoms with E-state index < -0.39 is 10.8 Å². The third kappa shape index (κ3) is 6.26. The number of hydrogen-bond acceptors (Lipinski definition) is 3. The largest absolute Gasteiger partial charge is 0.309 e. The number of aromatic nitrogens is 5. The molecule has 4 aliphatic rings. The second-order valence-corrected chi connectivity index (χ2v) is 26.0. The van der Waals surface area contributed by atoms with Crippen molar-refractivity contribution in [3.05, 3.63) is 354 Å². The fraction of sp³-hybridized carbons (Fsp3) is 0.0225. The maximum atomic E-state index is 5.56. The van der Waals surface area contributed by atoms with Crippen LogP contribution in [0.5, 0.6) is 0 Å². The Balaban J connectivity index is 0.809. The normalized spacial score (nSPS) is 14.9. The van der Waals surface area contributed by atoms with Crippen molar-refractivity contribution < 1.29 is 0 Å². The van der Waals surface area contributed by atoms with Crippen LogP contribution in [0.4, 0.5) is 0 Å². The average Bonchev–Trinajstić information content (AvgIpc) is 1.47. The maximum absolute atomic E-state index is 5.56. The van der Waals surface area contributed by atoms with E-state index in [1.54, 1.807) is 0 Å². The third-order valence-electron chi connectivity index (χ3n) is 21.7. The fourth-order valence-electron chi connectivity index (χ4n) is 18.0. The van der Waals surface area contributed by atoms with Crippen molar-refractivity contribution in [2.45, 2.75) is 10.8 Å². The molecule has 94 heavy (non-hydrogen) atoms. The zero-order chi connectivity index (χ0) is 61.1. The first-order valence-corrected chi connectivity index (χ1v) is 32.6. The lowest BCUT2D eigenvalue weighted by Crippen LogP contribution is -2.34. The summed E-state index contributed by atoms with van der Waals surface area (Å²) in [6.07, 6.45) is 1.91. The zero-order valence-corrected chi connectivity index (χ0v) is 50.7. The zero-order valence-electron chi connectivity index (χ0n) is 50.7. The van der Waals surface area contributed by atoms with Crippen LogP contribution < -0.4 is 0 Å². The minimum atomic E-state index is -0.706. The number of pyridine rings is 1. The van der Waals surface area contributed by atoms with Gasteiger partial charge in [0, 0.05) is 55.0 Å². The number of nitrogens with zero attached hydrogens (tertiary/aromatic N) is 5. The van der Waals surface area contributed by atoms with Crippen molar-refractivity contribution in [3.63, 3.8) is 0 Å². The van der Waals surface area contributed by atoms with Gasteiger partial charge in [-0.2, -0.15) is 0 Å². The Bertz CT molecular complexity index is 6400. The SMILES string of the molecule is c1ccc(-c2nc(-c3ccc4c5c3c3ccccc3n5-c3ccc(-c5ccc6c(c5)C5(c7ccccc7-c7cc(-c8ccc9ccc%10cccnc%10c9c8)ccc75)c5cccc7c8ccccc8n-6c57)cc3C43c4ccccc4-c4ccccc43)c3ccccc3n2)cc1. The topological polar surface area (TPSA) is 48.5 Å². The monoisotopic (exact) mass is 1190 g/mol. The smallest absolute Gasteiger partial charge is 0.160 e. The minimum absolute atomic E-state index is 0.675. The molecular formula is C89H51N5. The van der Waals surface area contributed by atoms with Crippen LogP contribution in [0.2, 0.25) is 0 Å². The number of fused-ring (bicyclic) bond motifs is 28. The first-order valence-electron chi connectivity index (χ1n) is 32.6. The Hall–Kier alpha value is -12.3. The maximum Gasteiger partial charge on any atom is 0.160 e. The molecule has 2 aliphatic carbocycles. The lowest BCUT2D eigenvalue weighted by molar-refractivity contribution is 0.747. The summed E-state index contributed by atoms with van der Waals surface area (Å²) in [6.45, 7) is 0. The van der Waals surface area contributed by atoms with Gasteiger partial charge in [0.1, 0.15) is 0 Å². The predicted molar refractivity (Wildman–Crippen MR) is 384 cm³/mol. The van der Waals surface area contributed by atoms with Gasteiger partial charge in [-0.15, -0.1) is 0 Å². The molecule has 14 aromatic carbocycles. The molecule has 2 aliphatic heterocycles. The Kier molecular flexibility index (Phi) is 9.78. The predicted octanol–water partition coefficient (Wildman–Crippen LogP) is 21.5. The van der Waals surface area contributed by atoms with Gasteiger partial charge < -0.3 is 9.13 Å². The van der Waals surface area contributed by atoms with Gasteiger partial charge >= 0.3 is 0 Å². The van der Waals surface area contributed by atoms with E-state index in [-0.39, 0.29) is 0 Å². The lowest BCUT2D eigenvalue weighted by Gasteiger charge is -2.40. The Labute approximate surface area is 540 Å². The molecular weight excluding hydrogens is 1140 g/mol. The molecule has 0 saturated carbocycles. The summed E-state index contributed by atoms with van der Waals surface area (Å²) in [4.78, 5) is 15.7. The summed E-state index contributed by atoms with van der Waals surface area (Å²) in [6, 6.07) is 114. The van der Waals surface area contributed by atoms with E-state index in [1.165, 1.54) is 133 Å². The summed E-state index contributed by atoms with van der Waals surface area (Å²) < 4.78 is 5.15. The molecule has 6 heterocycles. The molecule has 2 spiro atoms. The van der Waals surface area contributed by atoms with Gasteiger partial charge in [0.05, 0.1) is 61.0 Å². The molecule has 1 unspecified atom stereocenters. The summed E-state index contributed by atoms with van der Waals surface area (Å²) in [5.41, 5.74) is 30.7. The van der Waals surface area contributed by atoms with Gasteiger partial charge in [-0.05, 0) is 155 Å². The highest BCUT2D eigenvalue weighted by Crippen LogP contribution is 2.65. The van der Waals surface area contributed by atoms with Gasteiger partial charge in [-0.25, -0.2) is 9.97 Å². The second kappa shape index (κ2) is 18.2. The van der Waals surface area contributed by atoms with Gasteiger partial charge in [0.25, 0.3) is 0 Å². The van der Waals surface area contributed by atoms with Crippen LogP contribution in [0.25, 0.3) is 155 Å². The van der Waals surface area contributed by atoms with Crippen molar-refractivity contribution in [2.24, 2.45) is 0 Å². The van der Waals surface area contributed by atoms with E-state index in [4.69, 9.17) is 15.0 Å². The molecule has 0 fully saturated rings. The minimum Gasteiger partial charge on any atom is -0.309 e. The van der Waals surface area contributed by atoms with Crippen LogP contribution >= 0.6 is 0 Å². The number of hydrogen-bond donors (Lipinski definition) is 0. The first kappa shape index (κ1) is 50.4. The standard InChI is InChI=1S/C89H51N5/c1-2-18-54(19-3-1)87-91-77-32-13-7-25-64(77)84(92-87)66-42-44-74-86-82(66)65-26-9-15-34-79(65)94(86)81-46-41-58(51-76(81)88(74)69-28-10-4-21-59(69)60-22-5-11-29-70(60)88)57-40-45-80-75(50-57)89(73-31-16-27-63-62-24-8-14-33-78(62)93(80)85(63)73)71-30-12-6-23-61(71)68-49-56(39-43-72(68)89)55-38-36-52-35-37-53-20-17-47-90-83(53)67(52)48-55/h1-51H. The number of para-hydroxylation sites is 4. The highest BCUT2D eigenvalue weighted by molar-refractivity contribution is 6.20. The first-order chi connectivity index (χ1) is 46.6. The highest BCUT2D eigenvalue weighted by atomic mass is 15.0. The molecule has 0 N–H and O–H groups in total. The number of rotatable bonds is 4. The van der Waals surface area contributed by atoms with Crippen molar-refractivity contribution >= 4 is 76.2 Å². The average molecular weight is 1190 g/mol. The van der Waals surface area contributed by atoms with E-state index in [2.05, 4.69) is 306 Å². The molecule has 0 bridgehead atoms. The molecule has 18 aromatic rings. The van der Waals surface area contributed by atoms with Crippen LogP contribution in [-0.4, -0.2) is 24.1 Å². The second-order valence-electron chi connectivity index (χ2n) is 26.0. The summed E-state index contributed by atoms with van der Waals surface area (Å²) in [7, 11) is 0. The van der Waals surface area contributed by atoms with E-state index in [9.17, 15) is 0 Å². The molecule has 0 amide bonds. The summed E-state index contributed by atoms with van der Waals surface area (Å²) in [5, 5.41) is 9.40. The molecule has 22 rings (SSSR count). The van der Waals surface area contributed by atoms with E-state index in [0.29, 0.717) is 5.82 Å². The quantitative estimate of drug-likeness (QED) is 0.165. The molecule has 5 heteroatoms. The highest BCUT2D eigenvalue weighted by Gasteiger charge is 2.53. The van der Waals surface area contributed by atoms with Crippen molar-refractivity contribution in [3.8, 4) is 78.5 Å². The van der Waals surface area contributed by atoms with E-state index in [0.717, 1.165) is 60.7 Å². The molecule has 0 saturated heterocycles. The molecule has 1 atom stereocenters. The van der Waals surface area contributed by atoms with Crippen LogP contribution in [0.1, 0.15) is 44.5 Å². The Morgan fingerprint density at radius 1 is 0.277 bits per heavy atom. The van der Waals surface area contributed by atoms with E-state index >= 15 is 0 Å². The fourth-order valence-corrected chi connectivity index (χ4v) is 18.0. The third-order valence-corrected chi connectivity index (χ3v) is 21.7. The van der Waals surface area contributed by atoms with Crippen molar-refractivity contribution in [2.75, 3.05) is 0 Å². The van der Waals surface area contributed by atoms with Crippen molar-refractivity contribution in [1.82, 2.24) is 24.1 Å². The van der Waals surface area contributed by atoms with Gasteiger partial charge in [-0.1, -0.05) is 243 Å². The lowest BCUT2D eigenvalue weighted by atomic mass is 9.64. The number of benzene rings is 14. The molecule has 5 nitrogen and oxygen atoms in total. The Morgan fingerprint density at radius 2 is 0.798 bits per heavy atom. The van der Waals surface area contributed by atoms with Crippen LogP contribution in [0.15, 0.2) is 310 Å².